The summed E-state index contributed by atoms with van der Waals surface area (Å²) < 4.78 is 10.4. The van der Waals surface area contributed by atoms with Gasteiger partial charge in [-0.05, 0) is 50.9 Å². The van der Waals surface area contributed by atoms with E-state index in [1.54, 1.807) is 32.4 Å². The molecule has 5 heteroatoms. The number of carbonyl (C=O) groups is 1. The zero-order valence-electron chi connectivity index (χ0n) is 12.9. The highest BCUT2D eigenvalue weighted by Crippen LogP contribution is 2.27. The number of hydrogen-bond donors (Lipinski definition) is 2. The zero-order chi connectivity index (χ0) is 15.2. The molecule has 21 heavy (non-hydrogen) atoms. The Hall–Kier alpha value is -1.75. The van der Waals surface area contributed by atoms with E-state index in [2.05, 4.69) is 10.6 Å². The molecule has 1 aromatic carbocycles. The van der Waals surface area contributed by atoms with Gasteiger partial charge in [-0.15, -0.1) is 0 Å². The third-order valence-corrected chi connectivity index (χ3v) is 4.12. The van der Waals surface area contributed by atoms with Gasteiger partial charge in [-0.3, -0.25) is 4.79 Å². The monoisotopic (exact) mass is 292 g/mol. The number of rotatable bonds is 5. The Kier molecular flexibility index (Phi) is 5.44. The van der Waals surface area contributed by atoms with Gasteiger partial charge in [0.2, 0.25) is 0 Å². The molecule has 0 bridgehead atoms. The van der Waals surface area contributed by atoms with Gasteiger partial charge in [0.15, 0.2) is 11.5 Å². The average Bonchev–Trinajstić information content (AvgIpc) is 2.54. The largest absolute Gasteiger partial charge is 0.493 e. The molecule has 0 aliphatic heterocycles. The van der Waals surface area contributed by atoms with Gasteiger partial charge >= 0.3 is 0 Å². The Morgan fingerprint density at radius 3 is 2.24 bits per heavy atom. The van der Waals surface area contributed by atoms with Crippen molar-refractivity contribution < 1.29 is 14.3 Å². The van der Waals surface area contributed by atoms with Crippen molar-refractivity contribution in [1.29, 1.82) is 0 Å². The Bertz CT molecular complexity index is 482. The van der Waals surface area contributed by atoms with Gasteiger partial charge in [0.05, 0.1) is 14.2 Å². The first-order chi connectivity index (χ1) is 10.2. The summed E-state index contributed by atoms with van der Waals surface area (Å²) in [7, 11) is 5.14. The molecule has 1 saturated carbocycles. The molecule has 0 saturated heterocycles. The molecule has 0 spiro atoms. The normalized spacial score (nSPS) is 21.7. The third kappa shape index (κ3) is 3.88. The highest BCUT2D eigenvalue weighted by Gasteiger charge is 2.22. The maximum absolute atomic E-state index is 12.3. The summed E-state index contributed by atoms with van der Waals surface area (Å²) in [4.78, 5) is 12.3. The minimum Gasteiger partial charge on any atom is -0.493 e. The van der Waals surface area contributed by atoms with E-state index in [1.165, 1.54) is 0 Å². The number of nitrogens with one attached hydrogen (secondary N) is 2. The Morgan fingerprint density at radius 2 is 1.67 bits per heavy atom. The minimum atomic E-state index is -0.0520. The number of hydrogen-bond acceptors (Lipinski definition) is 4. The van der Waals surface area contributed by atoms with Crippen LogP contribution in [0.15, 0.2) is 18.2 Å². The summed E-state index contributed by atoms with van der Waals surface area (Å²) in [6.07, 6.45) is 4.25. The molecule has 5 nitrogen and oxygen atoms in total. The second kappa shape index (κ2) is 7.31. The van der Waals surface area contributed by atoms with Crippen LogP contribution in [0.4, 0.5) is 0 Å². The lowest BCUT2D eigenvalue weighted by atomic mass is 9.91. The standard InChI is InChI=1S/C16H24N2O3/c1-17-12-5-7-13(8-6-12)18-16(19)11-4-9-14(20-2)15(10-11)21-3/h4,9-10,12-13,17H,5-8H2,1-3H3,(H,18,19). The van der Waals surface area contributed by atoms with E-state index >= 15 is 0 Å². The molecule has 2 N–H and O–H groups in total. The highest BCUT2D eigenvalue weighted by molar-refractivity contribution is 5.95. The number of ether oxygens (including phenoxy) is 2. The average molecular weight is 292 g/mol. The lowest BCUT2D eigenvalue weighted by Gasteiger charge is -2.28. The van der Waals surface area contributed by atoms with E-state index in [1.807, 2.05) is 7.05 Å². The Labute approximate surface area is 126 Å². The second-order valence-electron chi connectivity index (χ2n) is 5.38. The quantitative estimate of drug-likeness (QED) is 0.871. The maximum atomic E-state index is 12.3. The molecule has 0 aromatic heterocycles. The van der Waals surface area contributed by atoms with Crippen molar-refractivity contribution in [2.45, 2.75) is 37.8 Å². The van der Waals surface area contributed by atoms with Crippen LogP contribution in [0, 0.1) is 0 Å². The zero-order valence-corrected chi connectivity index (χ0v) is 12.9. The van der Waals surface area contributed by atoms with Crippen LogP contribution < -0.4 is 20.1 Å². The maximum Gasteiger partial charge on any atom is 0.251 e. The molecular weight excluding hydrogens is 268 g/mol. The third-order valence-electron chi connectivity index (χ3n) is 4.12. The fraction of sp³-hybridized carbons (Fsp3) is 0.562. The topological polar surface area (TPSA) is 59.6 Å². The molecule has 1 amide bonds. The van der Waals surface area contributed by atoms with E-state index in [-0.39, 0.29) is 11.9 Å². The molecule has 0 heterocycles. The smallest absolute Gasteiger partial charge is 0.251 e. The summed E-state index contributed by atoms with van der Waals surface area (Å²) in [5, 5.41) is 6.40. The van der Waals surface area contributed by atoms with Crippen molar-refractivity contribution in [3.05, 3.63) is 23.8 Å². The number of benzene rings is 1. The molecule has 0 atom stereocenters. The predicted octanol–water partition coefficient (Wildman–Crippen LogP) is 1.96. The van der Waals surface area contributed by atoms with Gasteiger partial charge in [-0.1, -0.05) is 0 Å². The first-order valence-corrected chi connectivity index (χ1v) is 7.38. The van der Waals surface area contributed by atoms with Crippen LogP contribution in [0.25, 0.3) is 0 Å². The number of carbonyl (C=O) groups excluding carboxylic acids is 1. The van der Waals surface area contributed by atoms with Crippen LogP contribution in [-0.4, -0.2) is 39.3 Å². The molecule has 2 rings (SSSR count). The molecule has 0 unspecified atom stereocenters. The van der Waals surface area contributed by atoms with Gasteiger partial charge < -0.3 is 20.1 Å². The Morgan fingerprint density at radius 1 is 1.05 bits per heavy atom. The van der Waals surface area contributed by atoms with Crippen LogP contribution in [0.1, 0.15) is 36.0 Å². The fourth-order valence-electron chi connectivity index (χ4n) is 2.77. The van der Waals surface area contributed by atoms with E-state index in [0.717, 1.165) is 25.7 Å². The fourth-order valence-corrected chi connectivity index (χ4v) is 2.77. The molecule has 0 radical (unpaired) electrons. The summed E-state index contributed by atoms with van der Waals surface area (Å²) in [6, 6.07) is 6.07. The first-order valence-electron chi connectivity index (χ1n) is 7.38. The van der Waals surface area contributed by atoms with Crippen molar-refractivity contribution in [3.63, 3.8) is 0 Å². The van der Waals surface area contributed by atoms with E-state index < -0.39 is 0 Å². The number of amides is 1. The van der Waals surface area contributed by atoms with Gasteiger partial charge in [0, 0.05) is 17.6 Å². The SMILES string of the molecule is CNC1CCC(NC(=O)c2ccc(OC)c(OC)c2)CC1. The summed E-state index contributed by atoms with van der Waals surface area (Å²) in [5.74, 6) is 1.15. The van der Waals surface area contributed by atoms with Gasteiger partial charge in [0.1, 0.15) is 0 Å². The van der Waals surface area contributed by atoms with Crippen molar-refractivity contribution >= 4 is 5.91 Å². The molecule has 1 fully saturated rings. The lowest BCUT2D eigenvalue weighted by Crippen LogP contribution is -2.41. The van der Waals surface area contributed by atoms with Crippen LogP contribution in [0.2, 0.25) is 0 Å². The minimum absolute atomic E-state index is 0.0520. The highest BCUT2D eigenvalue weighted by atomic mass is 16.5. The Balaban J connectivity index is 1.97. The summed E-state index contributed by atoms with van der Waals surface area (Å²) in [5.41, 5.74) is 0.600. The van der Waals surface area contributed by atoms with Crippen LogP contribution in [-0.2, 0) is 0 Å². The van der Waals surface area contributed by atoms with Crippen molar-refractivity contribution in [2.24, 2.45) is 0 Å². The van der Waals surface area contributed by atoms with E-state index in [0.29, 0.717) is 23.1 Å². The van der Waals surface area contributed by atoms with Crippen LogP contribution in [0.5, 0.6) is 11.5 Å². The van der Waals surface area contributed by atoms with Gasteiger partial charge in [-0.2, -0.15) is 0 Å². The molecule has 1 aromatic rings. The van der Waals surface area contributed by atoms with E-state index in [4.69, 9.17) is 9.47 Å². The summed E-state index contributed by atoms with van der Waals surface area (Å²) in [6.45, 7) is 0. The van der Waals surface area contributed by atoms with E-state index in [9.17, 15) is 4.79 Å². The van der Waals surface area contributed by atoms with Crippen molar-refractivity contribution in [2.75, 3.05) is 21.3 Å². The van der Waals surface area contributed by atoms with Crippen molar-refractivity contribution in [1.82, 2.24) is 10.6 Å². The molecule has 1 aliphatic rings. The van der Waals surface area contributed by atoms with Gasteiger partial charge in [-0.25, -0.2) is 0 Å². The van der Waals surface area contributed by atoms with Gasteiger partial charge in [0.25, 0.3) is 5.91 Å². The lowest BCUT2D eigenvalue weighted by molar-refractivity contribution is 0.0924. The second-order valence-corrected chi connectivity index (χ2v) is 5.38. The number of methoxy groups -OCH3 is 2. The summed E-state index contributed by atoms with van der Waals surface area (Å²) >= 11 is 0. The van der Waals surface area contributed by atoms with Crippen LogP contribution in [0.3, 0.4) is 0 Å². The van der Waals surface area contributed by atoms with Crippen molar-refractivity contribution in [3.8, 4) is 11.5 Å². The van der Waals surface area contributed by atoms with Crippen LogP contribution >= 0.6 is 0 Å². The molecule has 116 valence electrons. The first kappa shape index (κ1) is 15.6. The predicted molar refractivity (Wildman–Crippen MR) is 82.1 cm³/mol. The molecule has 1 aliphatic carbocycles. The molecular formula is C16H24N2O3.